The Morgan fingerprint density at radius 1 is 1.25 bits per heavy atom. The maximum absolute atomic E-state index is 11.5. The van der Waals surface area contributed by atoms with Crippen molar-refractivity contribution in [2.75, 3.05) is 31.7 Å². The van der Waals surface area contributed by atoms with Gasteiger partial charge in [-0.15, -0.1) is 0 Å². The van der Waals surface area contributed by atoms with Gasteiger partial charge in [-0.25, -0.2) is 4.58 Å². The molecule has 10 nitrogen and oxygen atoms in total. The largest absolute Gasteiger partial charge is 0.388 e. The molecule has 0 amide bonds. The minimum Gasteiger partial charge on any atom is -0.388 e. The number of anilines is 1. The lowest BCUT2D eigenvalue weighted by Gasteiger charge is -2.45. The monoisotopic (exact) mass is 499 g/mol. The van der Waals surface area contributed by atoms with Gasteiger partial charge in [-0.3, -0.25) is 10.00 Å². The number of aliphatic hydroxyl groups excluding tert-OH is 3. The van der Waals surface area contributed by atoms with E-state index in [1.165, 1.54) is 6.42 Å². The number of aryl methyl sites for hydroxylation is 1. The number of nitrogens with zero attached hydrogens (tertiary/aromatic N) is 4. The zero-order chi connectivity index (χ0) is 25.3. The molecule has 0 spiro atoms. The molecule has 2 saturated carbocycles. The molecule has 2 aromatic heterocycles. The molecular weight excluding hydrogens is 460 g/mol. The predicted molar refractivity (Wildman–Crippen MR) is 135 cm³/mol. The summed E-state index contributed by atoms with van der Waals surface area (Å²) in [4.78, 5) is 4.58. The van der Waals surface area contributed by atoms with Crippen molar-refractivity contribution in [3.8, 4) is 0 Å². The topological polar surface area (TPSA) is 128 Å². The van der Waals surface area contributed by atoms with Gasteiger partial charge in [0.25, 0.3) is 0 Å². The molecule has 5 N–H and O–H groups in total. The van der Waals surface area contributed by atoms with Gasteiger partial charge in [0, 0.05) is 19.3 Å². The molecule has 2 aliphatic carbocycles. The number of aromatic nitrogens is 3. The Balaban J connectivity index is 1.36. The lowest BCUT2D eigenvalue weighted by molar-refractivity contribution is -0.461. The molecule has 3 aliphatic rings. The lowest BCUT2D eigenvalue weighted by Crippen LogP contribution is -2.55. The maximum atomic E-state index is 11.5. The van der Waals surface area contributed by atoms with E-state index >= 15 is 0 Å². The molecule has 2 aromatic rings. The molecule has 3 unspecified atom stereocenters. The van der Waals surface area contributed by atoms with Gasteiger partial charge in [0.05, 0.1) is 24.0 Å². The number of aliphatic hydroxyl groups is 3. The fourth-order valence-electron chi connectivity index (χ4n) is 5.82. The molecule has 10 heteroatoms. The summed E-state index contributed by atoms with van der Waals surface area (Å²) in [5, 5.41) is 43.0. The number of ether oxygens (including phenoxy) is 1. The van der Waals surface area contributed by atoms with Crippen LogP contribution in [0.4, 0.5) is 11.5 Å². The Kier molecular flexibility index (Phi) is 7.41. The molecular formula is C26H39N6O4+. The van der Waals surface area contributed by atoms with Crippen molar-refractivity contribution in [2.45, 2.75) is 57.5 Å². The third-order valence-corrected chi connectivity index (χ3v) is 8.35. The molecule has 5 rings (SSSR count). The molecule has 0 radical (unpaired) electrons. The van der Waals surface area contributed by atoms with E-state index in [9.17, 15) is 15.3 Å². The van der Waals surface area contributed by atoms with Crippen LogP contribution in [0.15, 0.2) is 30.6 Å². The van der Waals surface area contributed by atoms with Gasteiger partial charge in [-0.1, -0.05) is 26.2 Å². The zero-order valence-corrected chi connectivity index (χ0v) is 21.2. The second kappa shape index (κ2) is 10.5. The molecule has 36 heavy (non-hydrogen) atoms. The molecule has 3 heterocycles. The Labute approximate surface area is 212 Å². The first-order valence-electron chi connectivity index (χ1n) is 13.0. The summed E-state index contributed by atoms with van der Waals surface area (Å²) < 4.78 is 9.06. The average Bonchev–Trinajstić information content (AvgIpc) is 3.45. The Hall–Kier alpha value is -2.37. The first kappa shape index (κ1) is 25.3. The highest BCUT2D eigenvalue weighted by Crippen LogP contribution is 2.58. The van der Waals surface area contributed by atoms with E-state index in [2.05, 4.69) is 27.6 Å². The van der Waals surface area contributed by atoms with Gasteiger partial charge >= 0.3 is 5.82 Å². The van der Waals surface area contributed by atoms with E-state index < -0.39 is 12.5 Å². The first-order valence-corrected chi connectivity index (χ1v) is 13.0. The Morgan fingerprint density at radius 2 is 2.06 bits per heavy atom. The van der Waals surface area contributed by atoms with Crippen LogP contribution in [0, 0.1) is 17.3 Å². The smallest absolute Gasteiger partial charge is 0.323 e. The highest BCUT2D eigenvalue weighted by atomic mass is 16.5. The van der Waals surface area contributed by atoms with Crippen molar-refractivity contribution in [3.05, 3.63) is 36.3 Å². The van der Waals surface area contributed by atoms with Gasteiger partial charge in [0.1, 0.15) is 37.9 Å². The van der Waals surface area contributed by atoms with E-state index in [1.807, 2.05) is 16.7 Å². The summed E-state index contributed by atoms with van der Waals surface area (Å²) in [5.41, 5.74) is 2.30. The minimum absolute atomic E-state index is 0.0753. The highest BCUT2D eigenvalue weighted by Gasteiger charge is 2.54. The fourth-order valence-corrected chi connectivity index (χ4v) is 5.82. The molecule has 2 fully saturated rings. The third kappa shape index (κ3) is 5.19. The Morgan fingerprint density at radius 3 is 2.64 bits per heavy atom. The number of rotatable bonds is 11. The van der Waals surface area contributed by atoms with Crippen LogP contribution in [0.2, 0.25) is 0 Å². The highest BCUT2D eigenvalue weighted by molar-refractivity contribution is 5.83. The van der Waals surface area contributed by atoms with Crippen LogP contribution in [-0.4, -0.2) is 79.0 Å². The van der Waals surface area contributed by atoms with Crippen LogP contribution >= 0.6 is 0 Å². The summed E-state index contributed by atoms with van der Waals surface area (Å²) >= 11 is 0. The van der Waals surface area contributed by atoms with Crippen LogP contribution in [0.25, 0.3) is 0 Å². The molecule has 0 aromatic carbocycles. The van der Waals surface area contributed by atoms with E-state index in [0.717, 1.165) is 37.2 Å². The molecule has 0 saturated heterocycles. The quantitative estimate of drug-likeness (QED) is 0.233. The molecule has 0 bridgehead atoms. The van der Waals surface area contributed by atoms with E-state index in [-0.39, 0.29) is 24.0 Å². The first-order chi connectivity index (χ1) is 17.4. The van der Waals surface area contributed by atoms with Gasteiger partial charge in [-0.05, 0) is 47.2 Å². The van der Waals surface area contributed by atoms with Crippen LogP contribution in [0.1, 0.15) is 50.9 Å². The standard InChI is InChI=1S/C26H39N6O4/c1-26(9-10-26)22(17-4-3-5-17)23(30-24(34)20-8-11-28-31(20)2)25(35)29-18-6-7-21(27-14-18)32-12-13-36-16-19(32)15-33/h6-8,11,14,17,22-25,29-30,33-35H,3-5,9-10,12-13,15-16H2,1-2H3/q+1/t22?,23-,24?,25?/m0/s1. The second-order valence-corrected chi connectivity index (χ2v) is 10.8. The van der Waals surface area contributed by atoms with Crippen molar-refractivity contribution in [3.63, 3.8) is 0 Å². The van der Waals surface area contributed by atoms with Crippen LogP contribution in [0.3, 0.4) is 0 Å². The van der Waals surface area contributed by atoms with E-state index in [1.54, 1.807) is 30.2 Å². The Bertz CT molecular complexity index is 1060. The number of hydrogen-bond donors (Lipinski definition) is 5. The minimum atomic E-state index is -0.946. The predicted octanol–water partition coefficient (Wildman–Crippen LogP) is 1.52. The number of pyridine rings is 1. The van der Waals surface area contributed by atoms with E-state index in [0.29, 0.717) is 37.1 Å². The van der Waals surface area contributed by atoms with Crippen molar-refractivity contribution in [1.29, 1.82) is 0 Å². The molecule has 1 aliphatic heterocycles. The molecule has 196 valence electrons. The summed E-state index contributed by atoms with van der Waals surface area (Å²) in [5.74, 6) is 1.50. The van der Waals surface area contributed by atoms with Gasteiger partial charge < -0.3 is 25.4 Å². The normalized spacial score (nSPS) is 23.0. The number of hydrogen-bond acceptors (Lipinski definition) is 8. The third-order valence-electron chi connectivity index (χ3n) is 8.35. The van der Waals surface area contributed by atoms with E-state index in [4.69, 9.17) is 4.74 Å². The average molecular weight is 500 g/mol. The van der Waals surface area contributed by atoms with Crippen molar-refractivity contribution in [1.82, 2.24) is 20.1 Å². The second-order valence-electron chi connectivity index (χ2n) is 10.8. The zero-order valence-electron chi connectivity index (χ0n) is 21.2. The van der Waals surface area contributed by atoms with Crippen molar-refractivity contribution in [2.24, 2.45) is 24.3 Å². The summed E-state index contributed by atoms with van der Waals surface area (Å²) in [6.45, 7) is 3.84. The molecule has 4 atom stereocenters. The summed E-state index contributed by atoms with van der Waals surface area (Å²) in [6.07, 6.45) is 7.31. The van der Waals surface area contributed by atoms with Gasteiger partial charge in [0.2, 0.25) is 0 Å². The van der Waals surface area contributed by atoms with Crippen LogP contribution in [0.5, 0.6) is 0 Å². The summed E-state index contributed by atoms with van der Waals surface area (Å²) in [6, 6.07) is 5.20. The lowest BCUT2D eigenvalue weighted by atomic mass is 9.66. The summed E-state index contributed by atoms with van der Waals surface area (Å²) in [7, 11) is 1.80. The van der Waals surface area contributed by atoms with Gasteiger partial charge in [-0.2, -0.15) is 5.10 Å². The van der Waals surface area contributed by atoms with Crippen LogP contribution < -0.4 is 10.6 Å². The fraction of sp³-hybridized carbons (Fsp3) is 0.654. The number of nitrogens with one attached hydrogen (secondary N) is 2. The van der Waals surface area contributed by atoms with Crippen LogP contribution in [-0.2, 0) is 11.8 Å². The van der Waals surface area contributed by atoms with Crippen molar-refractivity contribution < 1.29 is 24.6 Å². The van der Waals surface area contributed by atoms with Gasteiger partial charge in [0.15, 0.2) is 6.20 Å². The van der Waals surface area contributed by atoms with Crippen molar-refractivity contribution >= 4 is 17.2 Å². The SMILES string of the molecule is Cn1nccc1C(O)N[C@H](C(O)Nc1ccc([N+]2=C(CO)COCC2)nc1)C(C1CCC1)C1(C)CC1. The maximum Gasteiger partial charge on any atom is 0.323 e.